The quantitative estimate of drug-likeness (QED) is 0.448. The minimum absolute atomic E-state index is 0.161. The average Bonchev–Trinajstić information content (AvgIpc) is 3.19. The summed E-state index contributed by atoms with van der Waals surface area (Å²) in [5, 5.41) is 10.2. The molecule has 5 rings (SSSR count). The Bertz CT molecular complexity index is 1120. The first-order valence-corrected chi connectivity index (χ1v) is 11.1. The Morgan fingerprint density at radius 1 is 0.931 bits per heavy atom. The van der Waals surface area contributed by atoms with Gasteiger partial charge in [0.05, 0.1) is 27.5 Å². The number of Topliss-reactive ketones (excluding diaryl/α,β-unsaturated/α-hetero) is 1. The van der Waals surface area contributed by atoms with Crippen molar-refractivity contribution in [1.29, 1.82) is 0 Å². The number of anilines is 2. The van der Waals surface area contributed by atoms with Gasteiger partial charge >= 0.3 is 0 Å². The van der Waals surface area contributed by atoms with Crippen molar-refractivity contribution < 1.29 is 4.79 Å². The molecule has 3 aromatic rings. The molecule has 2 heterocycles. The largest absolute Gasteiger partial charge is 0.372 e. The number of hydrogen-bond donors (Lipinski definition) is 2. The number of benzene rings is 2. The Morgan fingerprint density at radius 3 is 2.52 bits per heavy atom. The topological polar surface area (TPSA) is 41.1 Å². The molecular weight excluding hydrogens is 423 g/mol. The number of fused-ring (bicyclic) bond motifs is 1. The van der Waals surface area contributed by atoms with Gasteiger partial charge in [0.15, 0.2) is 5.78 Å². The number of carbonyl (C=O) groups is 1. The summed E-state index contributed by atoms with van der Waals surface area (Å²) in [6, 6.07) is 17.5. The van der Waals surface area contributed by atoms with Crippen LogP contribution in [0.4, 0.5) is 11.4 Å². The molecule has 0 radical (unpaired) electrons. The van der Waals surface area contributed by atoms with Gasteiger partial charge in [-0.05, 0) is 47.7 Å². The van der Waals surface area contributed by atoms with Crippen LogP contribution in [-0.2, 0) is 4.79 Å². The molecule has 2 atom stereocenters. The third-order valence-corrected chi connectivity index (χ3v) is 7.31. The molecule has 2 aliphatic rings. The van der Waals surface area contributed by atoms with Gasteiger partial charge in [-0.15, -0.1) is 11.3 Å². The van der Waals surface area contributed by atoms with E-state index < -0.39 is 0 Å². The van der Waals surface area contributed by atoms with Crippen LogP contribution in [0.1, 0.15) is 35.2 Å². The van der Waals surface area contributed by atoms with Crippen molar-refractivity contribution in [2.24, 2.45) is 0 Å². The maximum Gasteiger partial charge on any atom is 0.163 e. The lowest BCUT2D eigenvalue weighted by molar-refractivity contribution is -0.116. The number of ketones is 1. The van der Waals surface area contributed by atoms with Crippen LogP contribution < -0.4 is 10.6 Å². The lowest BCUT2D eigenvalue weighted by Gasteiger charge is -2.29. The zero-order valence-corrected chi connectivity index (χ0v) is 17.7. The van der Waals surface area contributed by atoms with Crippen molar-refractivity contribution in [2.75, 3.05) is 10.6 Å². The summed E-state index contributed by atoms with van der Waals surface area (Å²) >= 11 is 14.1. The molecule has 6 heteroatoms. The van der Waals surface area contributed by atoms with E-state index in [4.69, 9.17) is 23.2 Å². The molecule has 3 nitrogen and oxygen atoms in total. The van der Waals surface area contributed by atoms with Crippen LogP contribution in [0.25, 0.3) is 0 Å². The van der Waals surface area contributed by atoms with Gasteiger partial charge in [0, 0.05) is 28.5 Å². The van der Waals surface area contributed by atoms with E-state index in [9.17, 15) is 4.79 Å². The van der Waals surface area contributed by atoms with Crippen LogP contribution in [0.3, 0.4) is 0 Å². The zero-order valence-electron chi connectivity index (χ0n) is 15.4. The summed E-state index contributed by atoms with van der Waals surface area (Å²) < 4.78 is 0. The highest BCUT2D eigenvalue weighted by Crippen LogP contribution is 2.45. The lowest BCUT2D eigenvalue weighted by Crippen LogP contribution is -2.26. The van der Waals surface area contributed by atoms with Crippen LogP contribution in [0.15, 0.2) is 71.2 Å². The van der Waals surface area contributed by atoms with Gasteiger partial charge in [0.25, 0.3) is 0 Å². The van der Waals surface area contributed by atoms with Crippen molar-refractivity contribution in [3.63, 3.8) is 0 Å². The third kappa shape index (κ3) is 3.46. The van der Waals surface area contributed by atoms with Crippen molar-refractivity contribution in [2.45, 2.75) is 24.8 Å². The molecule has 0 unspecified atom stereocenters. The molecule has 1 aromatic heterocycles. The maximum atomic E-state index is 13.4. The molecule has 0 spiro atoms. The van der Waals surface area contributed by atoms with Crippen molar-refractivity contribution in [3.05, 3.63) is 91.7 Å². The molecule has 29 heavy (non-hydrogen) atoms. The second-order valence-electron chi connectivity index (χ2n) is 7.36. The summed E-state index contributed by atoms with van der Waals surface area (Å²) in [5.74, 6) is 0.363. The normalized spacial score (nSPS) is 21.0. The van der Waals surface area contributed by atoms with E-state index in [0.29, 0.717) is 16.5 Å². The van der Waals surface area contributed by atoms with E-state index in [1.807, 2.05) is 42.5 Å². The Balaban J connectivity index is 1.64. The summed E-state index contributed by atoms with van der Waals surface area (Å²) in [5.41, 5.74) is 4.62. The third-order valence-electron chi connectivity index (χ3n) is 5.53. The molecule has 1 aliphatic carbocycles. The fraction of sp³-hybridized carbons (Fsp3) is 0.174. The summed E-state index contributed by atoms with van der Waals surface area (Å²) in [6.07, 6.45) is 1.31. The number of halogens is 2. The van der Waals surface area contributed by atoms with Gasteiger partial charge in [0.2, 0.25) is 0 Å². The summed E-state index contributed by atoms with van der Waals surface area (Å²) in [7, 11) is 0. The van der Waals surface area contributed by atoms with Gasteiger partial charge in [-0.2, -0.15) is 0 Å². The second-order valence-corrected chi connectivity index (χ2v) is 9.15. The smallest absolute Gasteiger partial charge is 0.163 e. The van der Waals surface area contributed by atoms with Gasteiger partial charge in [-0.25, -0.2) is 0 Å². The standard InChI is InChI=1S/C23H18Cl2N2OS/c24-15-8-7-13(10-16(15)25)23-22-19(26-17-4-1-2-5-18(17)27-23)11-14(12-20(22)28)21-6-3-9-29-21/h1-10,14,23,26-27H,11-12H2/t14-,23-/m1/s1. The minimum Gasteiger partial charge on any atom is -0.372 e. The SMILES string of the molecule is O=C1C[C@H](c2cccs2)CC2=C1[C@@H](c1ccc(Cl)c(Cl)c1)Nc1ccccc1N2. The number of nitrogens with one attached hydrogen (secondary N) is 2. The molecule has 146 valence electrons. The Morgan fingerprint density at radius 2 is 1.76 bits per heavy atom. The van der Waals surface area contributed by atoms with E-state index in [1.165, 1.54) is 4.88 Å². The molecule has 0 bridgehead atoms. The van der Waals surface area contributed by atoms with E-state index in [1.54, 1.807) is 17.4 Å². The zero-order chi connectivity index (χ0) is 20.0. The van der Waals surface area contributed by atoms with E-state index in [0.717, 1.165) is 34.6 Å². The molecule has 0 amide bonds. The number of rotatable bonds is 2. The molecule has 0 saturated heterocycles. The van der Waals surface area contributed by atoms with Gasteiger partial charge in [-0.3, -0.25) is 4.79 Å². The first-order chi connectivity index (χ1) is 14.1. The summed E-state index contributed by atoms with van der Waals surface area (Å²) in [6.45, 7) is 0. The first-order valence-electron chi connectivity index (χ1n) is 9.47. The number of para-hydroxylation sites is 2. The van der Waals surface area contributed by atoms with Crippen LogP contribution in [-0.4, -0.2) is 5.78 Å². The predicted molar refractivity (Wildman–Crippen MR) is 121 cm³/mol. The van der Waals surface area contributed by atoms with E-state index >= 15 is 0 Å². The minimum atomic E-state index is -0.285. The highest BCUT2D eigenvalue weighted by molar-refractivity contribution is 7.10. The molecule has 1 aliphatic heterocycles. The van der Waals surface area contributed by atoms with Crippen LogP contribution >= 0.6 is 34.5 Å². The van der Waals surface area contributed by atoms with Crippen molar-refractivity contribution in [1.82, 2.24) is 0 Å². The van der Waals surface area contributed by atoms with Crippen molar-refractivity contribution in [3.8, 4) is 0 Å². The van der Waals surface area contributed by atoms with Crippen LogP contribution in [0.2, 0.25) is 10.0 Å². The molecular formula is C23H18Cl2N2OS. The fourth-order valence-corrected chi connectivity index (χ4v) is 5.30. The van der Waals surface area contributed by atoms with E-state index in [2.05, 4.69) is 22.1 Å². The molecule has 0 fully saturated rings. The first kappa shape index (κ1) is 18.7. The predicted octanol–water partition coefficient (Wildman–Crippen LogP) is 7.03. The lowest BCUT2D eigenvalue weighted by atomic mass is 9.81. The van der Waals surface area contributed by atoms with Crippen LogP contribution in [0, 0.1) is 0 Å². The number of carbonyl (C=O) groups excluding carboxylic acids is 1. The van der Waals surface area contributed by atoms with Gasteiger partial charge < -0.3 is 10.6 Å². The van der Waals surface area contributed by atoms with E-state index in [-0.39, 0.29) is 17.7 Å². The number of thiophene rings is 1. The number of allylic oxidation sites excluding steroid dienone is 1. The van der Waals surface area contributed by atoms with Gasteiger partial charge in [-0.1, -0.05) is 47.5 Å². The average molecular weight is 441 g/mol. The Labute approximate surface area is 183 Å². The highest BCUT2D eigenvalue weighted by atomic mass is 35.5. The Hall–Kier alpha value is -2.27. The molecule has 0 saturated carbocycles. The monoisotopic (exact) mass is 440 g/mol. The summed E-state index contributed by atoms with van der Waals surface area (Å²) in [4.78, 5) is 14.6. The second kappa shape index (κ2) is 7.52. The number of hydrogen-bond acceptors (Lipinski definition) is 4. The van der Waals surface area contributed by atoms with Gasteiger partial charge in [0.1, 0.15) is 0 Å². The Kier molecular flexibility index (Phi) is 4.86. The molecule has 2 aromatic carbocycles. The fourth-order valence-electron chi connectivity index (χ4n) is 4.16. The van der Waals surface area contributed by atoms with Crippen LogP contribution in [0.5, 0.6) is 0 Å². The maximum absolute atomic E-state index is 13.4. The highest BCUT2D eigenvalue weighted by Gasteiger charge is 2.36. The van der Waals surface area contributed by atoms with Crippen molar-refractivity contribution >= 4 is 51.7 Å². The molecule has 2 N–H and O–H groups in total.